The summed E-state index contributed by atoms with van der Waals surface area (Å²) in [6.45, 7) is 4.73. The molecule has 9 aromatic carbocycles. The molecule has 1 aliphatic rings. The lowest BCUT2D eigenvalue weighted by molar-refractivity contribution is 0.661. The molecule has 0 saturated heterocycles. The maximum atomic E-state index is 2.42. The molecule has 56 heavy (non-hydrogen) atoms. The van der Waals surface area contributed by atoms with Crippen LogP contribution in [0.2, 0.25) is 0 Å². The van der Waals surface area contributed by atoms with Crippen molar-refractivity contribution in [2.24, 2.45) is 0 Å². The number of benzene rings is 9. The molecule has 1 heteroatoms. The van der Waals surface area contributed by atoms with E-state index >= 15 is 0 Å². The first-order chi connectivity index (χ1) is 27.5. The average Bonchev–Trinajstić information content (AvgIpc) is 3.49. The number of hydrogen-bond acceptors (Lipinski definition) is 1. The Morgan fingerprint density at radius 3 is 1.45 bits per heavy atom. The van der Waals surface area contributed by atoms with Crippen molar-refractivity contribution in [3.8, 4) is 55.6 Å². The summed E-state index contributed by atoms with van der Waals surface area (Å²) in [5.74, 6) is 0. The van der Waals surface area contributed by atoms with E-state index in [-0.39, 0.29) is 5.41 Å². The standard InChI is InChI=1S/C55H41N/c1-55(2)51-23-12-11-22-50(51)54-52(55)37-45-18-9-10-21-49(45)53(54)43-26-24-42(25-27-43)44-19-13-20-48(36-44)56(46-32-28-40(29-33-46)38-14-5-3-6-15-38)47-34-30-41(31-35-47)39-16-7-4-8-17-39/h3-37H,1-2H3. The third kappa shape index (κ3) is 5.81. The summed E-state index contributed by atoms with van der Waals surface area (Å²) in [6.07, 6.45) is 0. The molecule has 0 radical (unpaired) electrons. The van der Waals surface area contributed by atoms with Crippen molar-refractivity contribution in [3.63, 3.8) is 0 Å². The third-order valence-corrected chi connectivity index (χ3v) is 11.7. The number of fused-ring (bicyclic) bond motifs is 4. The fraction of sp³-hybridized carbons (Fsp3) is 0.0545. The van der Waals surface area contributed by atoms with Crippen molar-refractivity contribution in [3.05, 3.63) is 223 Å². The average molecular weight is 716 g/mol. The van der Waals surface area contributed by atoms with E-state index in [1.807, 2.05) is 0 Å². The summed E-state index contributed by atoms with van der Waals surface area (Å²) >= 11 is 0. The van der Waals surface area contributed by atoms with E-state index in [1.54, 1.807) is 0 Å². The van der Waals surface area contributed by atoms with Gasteiger partial charge in [0.25, 0.3) is 0 Å². The molecule has 0 heterocycles. The molecule has 0 aromatic heterocycles. The van der Waals surface area contributed by atoms with Gasteiger partial charge in [0, 0.05) is 22.5 Å². The Labute approximate surface area is 329 Å². The first-order valence-electron chi connectivity index (χ1n) is 19.5. The van der Waals surface area contributed by atoms with Crippen molar-refractivity contribution in [2.75, 3.05) is 4.90 Å². The first kappa shape index (κ1) is 33.6. The van der Waals surface area contributed by atoms with Gasteiger partial charge < -0.3 is 4.90 Å². The molecule has 0 spiro atoms. The van der Waals surface area contributed by atoms with Crippen LogP contribution in [0.3, 0.4) is 0 Å². The summed E-state index contributed by atoms with van der Waals surface area (Å²) in [5, 5.41) is 2.58. The molecule has 0 bridgehead atoms. The van der Waals surface area contributed by atoms with Crippen molar-refractivity contribution in [1.82, 2.24) is 0 Å². The fourth-order valence-electron chi connectivity index (χ4n) is 8.78. The smallest absolute Gasteiger partial charge is 0.0467 e. The second-order valence-corrected chi connectivity index (χ2v) is 15.4. The van der Waals surface area contributed by atoms with Crippen LogP contribution < -0.4 is 4.90 Å². The van der Waals surface area contributed by atoms with Crippen LogP contribution >= 0.6 is 0 Å². The maximum absolute atomic E-state index is 2.42. The second kappa shape index (κ2) is 13.7. The van der Waals surface area contributed by atoms with E-state index in [2.05, 4.69) is 231 Å². The van der Waals surface area contributed by atoms with Crippen molar-refractivity contribution >= 4 is 27.8 Å². The van der Waals surface area contributed by atoms with Gasteiger partial charge in [-0.15, -0.1) is 0 Å². The monoisotopic (exact) mass is 715 g/mol. The van der Waals surface area contributed by atoms with Gasteiger partial charge in [-0.25, -0.2) is 0 Å². The molecule has 1 aliphatic carbocycles. The minimum atomic E-state index is -0.0688. The van der Waals surface area contributed by atoms with E-state index in [0.717, 1.165) is 17.1 Å². The lowest BCUT2D eigenvalue weighted by Crippen LogP contribution is -2.14. The normalized spacial score (nSPS) is 12.6. The van der Waals surface area contributed by atoms with Gasteiger partial charge >= 0.3 is 0 Å². The van der Waals surface area contributed by atoms with Gasteiger partial charge in [0.2, 0.25) is 0 Å². The largest absolute Gasteiger partial charge is 0.310 e. The lowest BCUT2D eigenvalue weighted by atomic mass is 9.80. The molecule has 0 saturated carbocycles. The van der Waals surface area contributed by atoms with Crippen LogP contribution in [0.5, 0.6) is 0 Å². The summed E-state index contributed by atoms with van der Waals surface area (Å²) in [4.78, 5) is 2.36. The molecule has 1 nitrogen and oxygen atoms in total. The molecule has 10 rings (SSSR count). The highest BCUT2D eigenvalue weighted by Gasteiger charge is 2.37. The quantitative estimate of drug-likeness (QED) is 0.159. The molecule has 9 aromatic rings. The van der Waals surface area contributed by atoms with Crippen LogP contribution in [-0.2, 0) is 5.41 Å². The van der Waals surface area contributed by atoms with Crippen LogP contribution in [0.1, 0.15) is 25.0 Å². The SMILES string of the molecule is CC1(C)c2ccccc2-c2c1cc1ccccc1c2-c1ccc(-c2cccc(N(c3ccc(-c4ccccc4)cc3)c3ccc(-c4ccccc4)cc3)c2)cc1. The number of nitrogens with zero attached hydrogens (tertiary/aromatic N) is 1. The Bertz CT molecular complexity index is 2750. The maximum Gasteiger partial charge on any atom is 0.0467 e. The van der Waals surface area contributed by atoms with Crippen LogP contribution in [0.25, 0.3) is 66.4 Å². The summed E-state index contributed by atoms with van der Waals surface area (Å²) in [5.41, 5.74) is 18.5. The molecule has 0 aliphatic heterocycles. The minimum absolute atomic E-state index is 0.0688. The molecule has 0 unspecified atom stereocenters. The van der Waals surface area contributed by atoms with Gasteiger partial charge in [-0.05, 0) is 120 Å². The zero-order valence-corrected chi connectivity index (χ0v) is 31.7. The van der Waals surface area contributed by atoms with E-state index in [1.165, 1.54) is 77.5 Å². The lowest BCUT2D eigenvalue weighted by Gasteiger charge is -2.26. The predicted octanol–water partition coefficient (Wildman–Crippen LogP) is 15.3. The highest BCUT2D eigenvalue weighted by molar-refractivity contribution is 6.08. The highest BCUT2D eigenvalue weighted by atomic mass is 15.1. The van der Waals surface area contributed by atoms with E-state index < -0.39 is 0 Å². The van der Waals surface area contributed by atoms with Gasteiger partial charge in [0.1, 0.15) is 0 Å². The highest BCUT2D eigenvalue weighted by Crippen LogP contribution is 2.54. The van der Waals surface area contributed by atoms with Gasteiger partial charge in [0.15, 0.2) is 0 Å². The zero-order chi connectivity index (χ0) is 37.6. The number of hydrogen-bond donors (Lipinski definition) is 0. The molecular weight excluding hydrogens is 675 g/mol. The molecular formula is C55H41N. The Morgan fingerprint density at radius 2 is 0.804 bits per heavy atom. The van der Waals surface area contributed by atoms with Crippen molar-refractivity contribution < 1.29 is 0 Å². The van der Waals surface area contributed by atoms with Crippen molar-refractivity contribution in [1.29, 1.82) is 0 Å². The van der Waals surface area contributed by atoms with Gasteiger partial charge in [-0.1, -0.05) is 184 Å². The molecule has 0 N–H and O–H groups in total. The fourth-order valence-corrected chi connectivity index (χ4v) is 8.78. The summed E-state index contributed by atoms with van der Waals surface area (Å²) in [6, 6.07) is 77.4. The van der Waals surface area contributed by atoms with E-state index in [9.17, 15) is 0 Å². The second-order valence-electron chi connectivity index (χ2n) is 15.4. The molecule has 0 atom stereocenters. The van der Waals surface area contributed by atoms with Crippen LogP contribution in [-0.4, -0.2) is 0 Å². The van der Waals surface area contributed by atoms with Crippen LogP contribution in [0, 0.1) is 0 Å². The molecule has 266 valence electrons. The topological polar surface area (TPSA) is 3.24 Å². The Morgan fingerprint density at radius 1 is 0.321 bits per heavy atom. The third-order valence-electron chi connectivity index (χ3n) is 11.7. The van der Waals surface area contributed by atoms with Gasteiger partial charge in [-0.3, -0.25) is 0 Å². The van der Waals surface area contributed by atoms with E-state index in [4.69, 9.17) is 0 Å². The van der Waals surface area contributed by atoms with Crippen LogP contribution in [0.15, 0.2) is 212 Å². The van der Waals surface area contributed by atoms with Gasteiger partial charge in [0.05, 0.1) is 0 Å². The number of anilines is 3. The summed E-state index contributed by atoms with van der Waals surface area (Å²) < 4.78 is 0. The van der Waals surface area contributed by atoms with Crippen molar-refractivity contribution in [2.45, 2.75) is 19.3 Å². The van der Waals surface area contributed by atoms with Crippen LogP contribution in [0.4, 0.5) is 17.1 Å². The first-order valence-corrected chi connectivity index (χ1v) is 19.5. The molecule has 0 fully saturated rings. The summed E-state index contributed by atoms with van der Waals surface area (Å²) in [7, 11) is 0. The number of rotatable bonds is 7. The Kier molecular flexibility index (Phi) is 8.23. The van der Waals surface area contributed by atoms with E-state index in [0.29, 0.717) is 0 Å². The Hall–Kier alpha value is -6.96. The zero-order valence-electron chi connectivity index (χ0n) is 31.7. The Balaban J connectivity index is 1.05. The predicted molar refractivity (Wildman–Crippen MR) is 238 cm³/mol. The minimum Gasteiger partial charge on any atom is -0.310 e. The molecule has 0 amide bonds. The van der Waals surface area contributed by atoms with Gasteiger partial charge in [-0.2, -0.15) is 0 Å².